The maximum absolute atomic E-state index is 11.3. The number of sulfonamides is 1. The van der Waals surface area contributed by atoms with Crippen LogP contribution in [0.4, 0.5) is 0 Å². The number of carbonyl (C=O) groups excluding carboxylic acids is 1. The van der Waals surface area contributed by atoms with Crippen molar-refractivity contribution in [2.24, 2.45) is 0 Å². The maximum Gasteiger partial charge on any atom is 0.235 e. The van der Waals surface area contributed by atoms with Crippen LogP contribution in [-0.2, 0) is 21.2 Å². The summed E-state index contributed by atoms with van der Waals surface area (Å²) in [7, 11) is -3.48. The van der Waals surface area contributed by atoms with Crippen molar-refractivity contribution in [3.05, 3.63) is 35.9 Å². The van der Waals surface area contributed by atoms with Gasteiger partial charge in [0.05, 0.1) is 5.75 Å². The standard InChI is InChI=1S/C10H13NO3S.Na/c1-9(12)11-15(13,14)8-7-10-5-3-2-4-6-10;/h2-6H,7-8H2,1H3,(H,11,12);. The number of amides is 1. The van der Waals surface area contributed by atoms with E-state index in [1.165, 1.54) is 6.92 Å². The van der Waals surface area contributed by atoms with E-state index in [2.05, 4.69) is 0 Å². The number of rotatable bonds is 4. The minimum absolute atomic E-state index is 0. The SMILES string of the molecule is CC(=O)NS(=O)(=O)CCc1ccccc1.[Na]. The Hall–Kier alpha value is -0.360. The third kappa shape index (κ3) is 6.27. The van der Waals surface area contributed by atoms with Crippen LogP contribution < -0.4 is 4.72 Å². The molecule has 83 valence electrons. The molecule has 1 N–H and O–H groups in total. The fourth-order valence-corrected chi connectivity index (χ4v) is 2.21. The second kappa shape index (κ2) is 7.06. The summed E-state index contributed by atoms with van der Waals surface area (Å²) >= 11 is 0. The van der Waals surface area contributed by atoms with Gasteiger partial charge in [-0.2, -0.15) is 0 Å². The normalized spacial score (nSPS) is 10.3. The molecule has 0 bridgehead atoms. The van der Waals surface area contributed by atoms with Crippen LogP contribution in [-0.4, -0.2) is 49.6 Å². The number of aryl methyl sites for hydroxylation is 1. The second-order valence-corrected chi connectivity index (χ2v) is 5.05. The second-order valence-electron chi connectivity index (χ2n) is 3.21. The molecular formula is C10H13NNaO3S. The minimum Gasteiger partial charge on any atom is -0.274 e. The molecule has 0 unspecified atom stereocenters. The average Bonchev–Trinajstić information content (AvgIpc) is 2.15. The Morgan fingerprint density at radius 1 is 1.25 bits per heavy atom. The molecule has 0 aliphatic rings. The van der Waals surface area contributed by atoms with Crippen molar-refractivity contribution in [1.29, 1.82) is 0 Å². The van der Waals surface area contributed by atoms with Gasteiger partial charge in [-0.25, -0.2) is 8.42 Å². The van der Waals surface area contributed by atoms with Gasteiger partial charge >= 0.3 is 0 Å². The van der Waals surface area contributed by atoms with Gasteiger partial charge in [-0.05, 0) is 12.0 Å². The predicted molar refractivity (Wildman–Crippen MR) is 63.5 cm³/mol. The molecule has 0 saturated carbocycles. The van der Waals surface area contributed by atoms with E-state index in [0.717, 1.165) is 5.56 Å². The smallest absolute Gasteiger partial charge is 0.235 e. The zero-order chi connectivity index (χ0) is 11.3. The maximum atomic E-state index is 11.3. The minimum atomic E-state index is -3.48. The first-order valence-electron chi connectivity index (χ1n) is 4.54. The van der Waals surface area contributed by atoms with Crippen LogP contribution in [0.2, 0.25) is 0 Å². The first-order valence-corrected chi connectivity index (χ1v) is 6.20. The Kier molecular flexibility index (Phi) is 6.90. The molecule has 0 atom stereocenters. The zero-order valence-corrected chi connectivity index (χ0v) is 12.3. The van der Waals surface area contributed by atoms with Gasteiger partial charge in [-0.1, -0.05) is 30.3 Å². The summed E-state index contributed by atoms with van der Waals surface area (Å²) < 4.78 is 24.5. The van der Waals surface area contributed by atoms with Gasteiger partial charge in [-0.3, -0.25) is 9.52 Å². The Labute approximate surface area is 118 Å². The van der Waals surface area contributed by atoms with E-state index in [1.54, 1.807) is 0 Å². The van der Waals surface area contributed by atoms with Crippen LogP contribution in [0, 0.1) is 0 Å². The van der Waals surface area contributed by atoms with Gasteiger partial charge in [0.1, 0.15) is 0 Å². The topological polar surface area (TPSA) is 63.2 Å². The summed E-state index contributed by atoms with van der Waals surface area (Å²) in [6.07, 6.45) is 0.406. The summed E-state index contributed by atoms with van der Waals surface area (Å²) in [5, 5.41) is 0. The molecular weight excluding hydrogens is 237 g/mol. The first-order chi connectivity index (χ1) is 6.99. The average molecular weight is 250 g/mol. The first kappa shape index (κ1) is 15.6. The van der Waals surface area contributed by atoms with E-state index < -0.39 is 15.9 Å². The van der Waals surface area contributed by atoms with Crippen LogP contribution in [0.15, 0.2) is 30.3 Å². The number of hydrogen-bond donors (Lipinski definition) is 1. The fourth-order valence-electron chi connectivity index (χ4n) is 1.17. The van der Waals surface area contributed by atoms with Crippen LogP contribution >= 0.6 is 0 Å². The van der Waals surface area contributed by atoms with Crippen molar-refractivity contribution in [1.82, 2.24) is 4.72 Å². The van der Waals surface area contributed by atoms with E-state index in [1.807, 2.05) is 35.1 Å². The molecule has 1 amide bonds. The molecule has 1 aromatic carbocycles. The summed E-state index contributed by atoms with van der Waals surface area (Å²) in [5.41, 5.74) is 0.937. The molecule has 0 fully saturated rings. The Morgan fingerprint density at radius 2 is 1.81 bits per heavy atom. The fraction of sp³-hybridized carbons (Fsp3) is 0.300. The van der Waals surface area contributed by atoms with Gasteiger partial charge in [-0.15, -0.1) is 0 Å². The van der Waals surface area contributed by atoms with Gasteiger partial charge in [0.2, 0.25) is 15.9 Å². The van der Waals surface area contributed by atoms with Gasteiger partial charge in [0.25, 0.3) is 0 Å². The summed E-state index contributed by atoms with van der Waals surface area (Å²) in [4.78, 5) is 10.6. The molecule has 0 aliphatic heterocycles. The Morgan fingerprint density at radius 3 is 2.31 bits per heavy atom. The molecule has 0 aromatic heterocycles. The molecule has 0 saturated heterocycles. The van der Waals surface area contributed by atoms with E-state index in [-0.39, 0.29) is 35.3 Å². The molecule has 1 radical (unpaired) electrons. The van der Waals surface area contributed by atoms with Gasteiger partial charge in [0.15, 0.2) is 0 Å². The van der Waals surface area contributed by atoms with Crippen molar-refractivity contribution in [3.8, 4) is 0 Å². The molecule has 4 nitrogen and oxygen atoms in total. The number of benzene rings is 1. The molecule has 1 aromatic rings. The molecule has 1 rings (SSSR count). The molecule has 0 aliphatic carbocycles. The van der Waals surface area contributed by atoms with Gasteiger partial charge < -0.3 is 0 Å². The van der Waals surface area contributed by atoms with Crippen LogP contribution in [0.25, 0.3) is 0 Å². The van der Waals surface area contributed by atoms with E-state index in [0.29, 0.717) is 6.42 Å². The zero-order valence-electron chi connectivity index (χ0n) is 9.43. The van der Waals surface area contributed by atoms with Gasteiger partial charge in [0, 0.05) is 36.5 Å². The van der Waals surface area contributed by atoms with Crippen LogP contribution in [0.1, 0.15) is 12.5 Å². The van der Waals surface area contributed by atoms with E-state index in [9.17, 15) is 13.2 Å². The predicted octanol–water partition coefficient (Wildman–Crippen LogP) is 0.314. The van der Waals surface area contributed by atoms with Crippen molar-refractivity contribution in [2.75, 3.05) is 5.75 Å². The number of hydrogen-bond acceptors (Lipinski definition) is 3. The summed E-state index contributed by atoms with van der Waals surface area (Å²) in [5.74, 6) is -0.626. The summed E-state index contributed by atoms with van der Waals surface area (Å²) in [6.45, 7) is 1.18. The van der Waals surface area contributed by atoms with Crippen LogP contribution in [0.5, 0.6) is 0 Å². The molecule has 0 heterocycles. The van der Waals surface area contributed by atoms with Crippen LogP contribution in [0.3, 0.4) is 0 Å². The van der Waals surface area contributed by atoms with E-state index in [4.69, 9.17) is 0 Å². The Bertz CT molecular complexity index is 431. The van der Waals surface area contributed by atoms with Crippen molar-refractivity contribution in [3.63, 3.8) is 0 Å². The summed E-state index contributed by atoms with van der Waals surface area (Å²) in [6, 6.07) is 9.26. The van der Waals surface area contributed by atoms with Crippen molar-refractivity contribution in [2.45, 2.75) is 13.3 Å². The Balaban J connectivity index is 0.00000225. The van der Waals surface area contributed by atoms with Crippen molar-refractivity contribution < 1.29 is 13.2 Å². The third-order valence-corrected chi connectivity index (χ3v) is 3.14. The van der Waals surface area contributed by atoms with E-state index >= 15 is 0 Å². The molecule has 16 heavy (non-hydrogen) atoms. The monoisotopic (exact) mass is 250 g/mol. The number of nitrogens with one attached hydrogen (secondary N) is 1. The quantitative estimate of drug-likeness (QED) is 0.782. The largest absolute Gasteiger partial charge is 0.274 e. The van der Waals surface area contributed by atoms with Crippen molar-refractivity contribution >= 4 is 45.5 Å². The number of carbonyl (C=O) groups is 1. The molecule has 6 heteroatoms. The molecule has 0 spiro atoms. The third-order valence-electron chi connectivity index (χ3n) is 1.80.